The topological polar surface area (TPSA) is 37.3 Å². The Morgan fingerprint density at radius 2 is 2.27 bits per heavy atom. The van der Waals surface area contributed by atoms with E-state index in [1.165, 1.54) is 0 Å². The number of rotatable bonds is 5. The Balaban J connectivity index is 2.46. The van der Waals surface area contributed by atoms with Gasteiger partial charge < -0.3 is 5.11 Å². The molecule has 0 saturated heterocycles. The predicted molar refractivity (Wildman–Crippen MR) is 64.2 cm³/mol. The van der Waals surface area contributed by atoms with Gasteiger partial charge in [-0.25, -0.2) is 0 Å². The summed E-state index contributed by atoms with van der Waals surface area (Å²) in [5.74, 6) is -0.770. The molecule has 0 aliphatic rings. The van der Waals surface area contributed by atoms with Crippen LogP contribution in [0.2, 0.25) is 0 Å². The zero-order valence-corrected chi connectivity index (χ0v) is 10.5. The summed E-state index contributed by atoms with van der Waals surface area (Å²) < 4.78 is 0.990. The molecule has 1 aromatic carbocycles. The molecule has 0 fully saturated rings. The van der Waals surface area contributed by atoms with Gasteiger partial charge in [-0.1, -0.05) is 28.1 Å². The number of hydrogen-bond donors (Lipinski definition) is 1. The van der Waals surface area contributed by atoms with Gasteiger partial charge in [-0.2, -0.15) is 0 Å². The minimum absolute atomic E-state index is 0.109. The second-order valence-corrected chi connectivity index (χ2v) is 4.75. The van der Waals surface area contributed by atoms with Crippen LogP contribution in [-0.4, -0.2) is 11.1 Å². The minimum Gasteiger partial charge on any atom is -0.481 e. The van der Waals surface area contributed by atoms with E-state index >= 15 is 0 Å². The number of alkyl halides is 1. The summed E-state index contributed by atoms with van der Waals surface area (Å²) in [7, 11) is 0. The van der Waals surface area contributed by atoms with Crippen molar-refractivity contribution in [1.82, 2.24) is 0 Å². The molecule has 4 heteroatoms. The molecule has 1 rings (SSSR count). The molecule has 0 aromatic heterocycles. The maximum absolute atomic E-state index is 10.3. The molecular formula is C11H12BrClO2. The molecule has 0 radical (unpaired) electrons. The van der Waals surface area contributed by atoms with E-state index in [2.05, 4.69) is 15.9 Å². The maximum Gasteiger partial charge on any atom is 0.303 e. The van der Waals surface area contributed by atoms with E-state index in [0.717, 1.165) is 10.0 Å². The highest BCUT2D eigenvalue weighted by molar-refractivity contribution is 9.10. The fourth-order valence-electron chi connectivity index (χ4n) is 1.30. The summed E-state index contributed by atoms with van der Waals surface area (Å²) in [6.07, 6.45) is 1.47. The van der Waals surface area contributed by atoms with Gasteiger partial charge in [0.05, 0.1) is 5.38 Å². The van der Waals surface area contributed by atoms with Crippen LogP contribution in [-0.2, 0) is 4.79 Å². The Morgan fingerprint density at radius 1 is 1.53 bits per heavy atom. The Bertz CT molecular complexity index is 341. The van der Waals surface area contributed by atoms with Crippen molar-refractivity contribution >= 4 is 33.5 Å². The van der Waals surface area contributed by atoms with E-state index in [1.54, 1.807) is 0 Å². The second-order valence-electron chi connectivity index (χ2n) is 3.31. The highest BCUT2D eigenvalue weighted by atomic mass is 79.9. The predicted octanol–water partition coefficient (Wildman–Crippen LogP) is 3.98. The Labute approximate surface area is 102 Å². The first-order valence-corrected chi connectivity index (χ1v) is 5.94. The van der Waals surface area contributed by atoms with E-state index in [0.29, 0.717) is 12.8 Å². The van der Waals surface area contributed by atoms with Crippen LogP contribution in [0.4, 0.5) is 0 Å². The molecule has 1 N–H and O–H groups in total. The van der Waals surface area contributed by atoms with Crippen LogP contribution in [0.1, 0.15) is 30.2 Å². The van der Waals surface area contributed by atoms with Crippen molar-refractivity contribution in [2.75, 3.05) is 0 Å². The van der Waals surface area contributed by atoms with E-state index in [-0.39, 0.29) is 11.8 Å². The van der Waals surface area contributed by atoms with Crippen molar-refractivity contribution in [3.8, 4) is 0 Å². The summed E-state index contributed by atoms with van der Waals surface area (Å²) in [4.78, 5) is 10.3. The van der Waals surface area contributed by atoms with Gasteiger partial charge in [0.2, 0.25) is 0 Å². The number of aliphatic carboxylic acids is 1. The van der Waals surface area contributed by atoms with Gasteiger partial charge in [-0.15, -0.1) is 11.6 Å². The number of carbonyl (C=O) groups is 1. The van der Waals surface area contributed by atoms with Gasteiger partial charge in [0, 0.05) is 10.9 Å². The van der Waals surface area contributed by atoms with Crippen molar-refractivity contribution in [3.05, 3.63) is 34.3 Å². The molecule has 2 nitrogen and oxygen atoms in total. The van der Waals surface area contributed by atoms with E-state index < -0.39 is 5.97 Å². The summed E-state index contributed by atoms with van der Waals surface area (Å²) in [5, 5.41) is 8.38. The number of carboxylic acids is 1. The van der Waals surface area contributed by atoms with Crippen LogP contribution in [0.15, 0.2) is 28.7 Å². The fourth-order valence-corrected chi connectivity index (χ4v) is 2.01. The van der Waals surface area contributed by atoms with Crippen molar-refractivity contribution in [1.29, 1.82) is 0 Å². The zero-order chi connectivity index (χ0) is 11.3. The van der Waals surface area contributed by atoms with Gasteiger partial charge in [0.1, 0.15) is 0 Å². The largest absolute Gasteiger partial charge is 0.481 e. The molecule has 82 valence electrons. The van der Waals surface area contributed by atoms with Crippen LogP contribution in [0.25, 0.3) is 0 Å². The van der Waals surface area contributed by atoms with Crippen molar-refractivity contribution < 1.29 is 9.90 Å². The summed E-state index contributed by atoms with van der Waals surface area (Å²) in [6, 6.07) is 7.76. The standard InChI is InChI=1S/C11H12BrClO2/c12-9-4-1-3-8(7-9)10(13)5-2-6-11(14)15/h1,3-4,7,10H,2,5-6H2,(H,14,15). The Morgan fingerprint density at radius 3 is 2.87 bits per heavy atom. The van der Waals surface area contributed by atoms with Crippen LogP contribution in [0.3, 0.4) is 0 Å². The number of benzene rings is 1. The third-order valence-corrected chi connectivity index (χ3v) is 3.02. The molecule has 0 bridgehead atoms. The van der Waals surface area contributed by atoms with Crippen LogP contribution in [0, 0.1) is 0 Å². The lowest BCUT2D eigenvalue weighted by molar-refractivity contribution is -0.137. The van der Waals surface area contributed by atoms with Crippen LogP contribution >= 0.6 is 27.5 Å². The molecule has 0 saturated carbocycles. The summed E-state index contributed by atoms with van der Waals surface area (Å²) in [6.45, 7) is 0. The molecule has 1 aromatic rings. The molecule has 0 aliphatic heterocycles. The molecule has 0 spiro atoms. The lowest BCUT2D eigenvalue weighted by atomic mass is 10.1. The number of halogens is 2. The minimum atomic E-state index is -0.770. The molecule has 0 heterocycles. The molecular weight excluding hydrogens is 279 g/mol. The molecule has 1 atom stereocenters. The lowest BCUT2D eigenvalue weighted by Gasteiger charge is -2.09. The maximum atomic E-state index is 10.3. The van der Waals surface area contributed by atoms with Crippen molar-refractivity contribution in [2.45, 2.75) is 24.6 Å². The Kier molecular flexibility index (Phi) is 5.12. The van der Waals surface area contributed by atoms with Crippen molar-refractivity contribution in [2.24, 2.45) is 0 Å². The second kappa shape index (κ2) is 6.13. The average Bonchev–Trinajstić information content (AvgIpc) is 2.17. The summed E-state index contributed by atoms with van der Waals surface area (Å²) >= 11 is 9.52. The van der Waals surface area contributed by atoms with Gasteiger partial charge in [-0.3, -0.25) is 4.79 Å². The molecule has 0 aliphatic carbocycles. The number of hydrogen-bond acceptors (Lipinski definition) is 1. The van der Waals surface area contributed by atoms with Crippen LogP contribution < -0.4 is 0 Å². The van der Waals surface area contributed by atoms with E-state index in [1.807, 2.05) is 24.3 Å². The molecule has 1 unspecified atom stereocenters. The molecule has 0 amide bonds. The highest BCUT2D eigenvalue weighted by Gasteiger charge is 2.08. The van der Waals surface area contributed by atoms with Gasteiger partial charge in [-0.05, 0) is 30.5 Å². The fraction of sp³-hybridized carbons (Fsp3) is 0.364. The summed E-state index contributed by atoms with van der Waals surface area (Å²) in [5.41, 5.74) is 1.02. The highest BCUT2D eigenvalue weighted by Crippen LogP contribution is 2.27. The first kappa shape index (κ1) is 12.5. The van der Waals surface area contributed by atoms with E-state index in [4.69, 9.17) is 16.7 Å². The Hall–Kier alpha value is -0.540. The van der Waals surface area contributed by atoms with Crippen LogP contribution in [0.5, 0.6) is 0 Å². The molecule has 15 heavy (non-hydrogen) atoms. The smallest absolute Gasteiger partial charge is 0.303 e. The van der Waals surface area contributed by atoms with Gasteiger partial charge in [0.25, 0.3) is 0 Å². The van der Waals surface area contributed by atoms with Gasteiger partial charge in [0.15, 0.2) is 0 Å². The van der Waals surface area contributed by atoms with E-state index in [9.17, 15) is 4.79 Å². The lowest BCUT2D eigenvalue weighted by Crippen LogP contribution is -1.96. The zero-order valence-electron chi connectivity index (χ0n) is 8.12. The SMILES string of the molecule is O=C(O)CCCC(Cl)c1cccc(Br)c1. The first-order chi connectivity index (χ1) is 7.09. The quantitative estimate of drug-likeness (QED) is 0.833. The van der Waals surface area contributed by atoms with Gasteiger partial charge >= 0.3 is 5.97 Å². The van der Waals surface area contributed by atoms with Crippen molar-refractivity contribution in [3.63, 3.8) is 0 Å². The first-order valence-electron chi connectivity index (χ1n) is 4.71. The average molecular weight is 292 g/mol. The third kappa shape index (κ3) is 4.67. The third-order valence-electron chi connectivity index (χ3n) is 2.06. The number of carboxylic acid groups (broad SMARTS) is 1. The monoisotopic (exact) mass is 290 g/mol. The normalized spacial score (nSPS) is 12.4.